The molecule has 0 radical (unpaired) electrons. The number of hydrogen-bond acceptors (Lipinski definition) is 3. The Morgan fingerprint density at radius 1 is 1.14 bits per heavy atom. The molecule has 2 saturated heterocycles. The molecule has 2 N–H and O–H groups in total. The fraction of sp³-hybridized carbons (Fsp3) is 0.632. The number of nitrogens with one attached hydrogen (secondary N) is 2. The van der Waals surface area contributed by atoms with Gasteiger partial charge in [-0.25, -0.2) is 0 Å². The number of amides is 1. The summed E-state index contributed by atoms with van der Waals surface area (Å²) in [6.45, 7) is 3.44. The molecule has 2 aliphatic heterocycles. The van der Waals surface area contributed by atoms with E-state index in [-0.39, 0.29) is 42.1 Å². The Kier molecular flexibility index (Phi) is 7.16. The predicted molar refractivity (Wildman–Crippen MR) is 109 cm³/mol. The molecule has 3 aliphatic rings. The first-order valence-corrected chi connectivity index (χ1v) is 9.37. The zero-order chi connectivity index (χ0) is 18.4. The summed E-state index contributed by atoms with van der Waals surface area (Å²) in [6, 6.07) is 3.69. The molecule has 9 heteroatoms. The van der Waals surface area contributed by atoms with Crippen LogP contribution >= 0.6 is 24.8 Å². The van der Waals surface area contributed by atoms with Crippen molar-refractivity contribution in [2.24, 2.45) is 11.3 Å². The summed E-state index contributed by atoms with van der Waals surface area (Å²) < 4.78 is 39.4. The third-order valence-electron chi connectivity index (χ3n) is 6.13. The Balaban J connectivity index is 0.00000140. The molecule has 1 atom stereocenters. The van der Waals surface area contributed by atoms with E-state index in [1.165, 1.54) is 6.07 Å². The monoisotopic (exact) mass is 439 g/mol. The summed E-state index contributed by atoms with van der Waals surface area (Å²) in [5.41, 5.74) is 0.333. The molecule has 1 amide bonds. The maximum absolute atomic E-state index is 13.1. The van der Waals surface area contributed by atoms with Crippen LogP contribution in [-0.4, -0.2) is 32.1 Å². The molecule has 1 spiro atoms. The van der Waals surface area contributed by atoms with Gasteiger partial charge in [0.2, 0.25) is 5.91 Å². The minimum absolute atomic E-state index is 0. The lowest BCUT2D eigenvalue weighted by Gasteiger charge is -2.25. The van der Waals surface area contributed by atoms with Crippen LogP contribution < -0.4 is 15.5 Å². The number of rotatable bonds is 3. The number of hydrogen-bond donors (Lipinski definition) is 2. The highest BCUT2D eigenvalue weighted by Gasteiger charge is 2.57. The fourth-order valence-corrected chi connectivity index (χ4v) is 4.46. The SMILES string of the molecule is Cl.Cl.O=C(Nc1cc(C(F)(F)F)ccc1N1CCCC1)C1CC12CCNCC2. The van der Waals surface area contributed by atoms with Gasteiger partial charge in [-0.15, -0.1) is 24.8 Å². The highest BCUT2D eigenvalue weighted by molar-refractivity contribution is 5.98. The van der Waals surface area contributed by atoms with Gasteiger partial charge in [0.25, 0.3) is 0 Å². The number of alkyl halides is 3. The lowest BCUT2D eigenvalue weighted by molar-refractivity contribution is -0.137. The average Bonchev–Trinajstić information content (AvgIpc) is 3.05. The van der Waals surface area contributed by atoms with Gasteiger partial charge >= 0.3 is 6.18 Å². The smallest absolute Gasteiger partial charge is 0.370 e. The van der Waals surface area contributed by atoms with Gasteiger partial charge in [-0.3, -0.25) is 4.79 Å². The van der Waals surface area contributed by atoms with Gasteiger partial charge in [-0.1, -0.05) is 0 Å². The predicted octanol–water partition coefficient (Wildman–Crippen LogP) is 4.48. The van der Waals surface area contributed by atoms with Crippen molar-refractivity contribution in [3.8, 4) is 0 Å². The second kappa shape index (κ2) is 8.67. The number of carbonyl (C=O) groups is 1. The third kappa shape index (κ3) is 4.52. The van der Waals surface area contributed by atoms with E-state index in [9.17, 15) is 18.0 Å². The molecule has 1 unspecified atom stereocenters. The third-order valence-corrected chi connectivity index (χ3v) is 6.13. The van der Waals surface area contributed by atoms with Gasteiger partial charge in [-0.05, 0) is 68.8 Å². The molecule has 3 fully saturated rings. The van der Waals surface area contributed by atoms with E-state index in [1.807, 2.05) is 0 Å². The van der Waals surface area contributed by atoms with Crippen LogP contribution in [0, 0.1) is 11.3 Å². The maximum atomic E-state index is 13.1. The highest BCUT2D eigenvalue weighted by Crippen LogP contribution is 2.59. The van der Waals surface area contributed by atoms with Crippen molar-refractivity contribution in [3.63, 3.8) is 0 Å². The lowest BCUT2D eigenvalue weighted by atomic mass is 9.91. The van der Waals surface area contributed by atoms with Crippen LogP contribution in [0.15, 0.2) is 18.2 Å². The van der Waals surface area contributed by atoms with Gasteiger partial charge < -0.3 is 15.5 Å². The number of carbonyl (C=O) groups excluding carboxylic acids is 1. The number of benzene rings is 1. The molecule has 2 heterocycles. The van der Waals surface area contributed by atoms with Crippen molar-refractivity contribution in [1.82, 2.24) is 5.32 Å². The molecule has 0 bridgehead atoms. The van der Waals surface area contributed by atoms with Crippen LogP contribution in [0.1, 0.15) is 37.7 Å². The Morgan fingerprint density at radius 3 is 2.39 bits per heavy atom. The van der Waals surface area contributed by atoms with Crippen molar-refractivity contribution in [3.05, 3.63) is 23.8 Å². The summed E-state index contributed by atoms with van der Waals surface area (Å²) in [4.78, 5) is 14.8. The summed E-state index contributed by atoms with van der Waals surface area (Å²) >= 11 is 0. The Hall–Kier alpha value is -1.18. The largest absolute Gasteiger partial charge is 0.416 e. The summed E-state index contributed by atoms with van der Waals surface area (Å²) in [5.74, 6) is -0.211. The van der Waals surface area contributed by atoms with E-state index in [0.29, 0.717) is 11.4 Å². The molecule has 1 aliphatic carbocycles. The van der Waals surface area contributed by atoms with Gasteiger partial charge in [0.05, 0.1) is 16.9 Å². The van der Waals surface area contributed by atoms with Crippen LogP contribution in [0.5, 0.6) is 0 Å². The zero-order valence-electron chi connectivity index (χ0n) is 15.5. The van der Waals surface area contributed by atoms with Crippen LogP contribution in [0.3, 0.4) is 0 Å². The van der Waals surface area contributed by atoms with Crippen LogP contribution in [0.4, 0.5) is 24.5 Å². The molecule has 4 nitrogen and oxygen atoms in total. The minimum Gasteiger partial charge on any atom is -0.370 e. The summed E-state index contributed by atoms with van der Waals surface area (Å²) in [6.07, 6.45) is 0.400. The van der Waals surface area contributed by atoms with Crippen LogP contribution in [0.25, 0.3) is 0 Å². The average molecular weight is 440 g/mol. The van der Waals surface area contributed by atoms with Gasteiger partial charge in [0, 0.05) is 19.0 Å². The molecule has 0 aromatic heterocycles. The fourth-order valence-electron chi connectivity index (χ4n) is 4.46. The number of piperidine rings is 1. The normalized spacial score (nSPS) is 23.0. The molecule has 158 valence electrons. The lowest BCUT2D eigenvalue weighted by Crippen LogP contribution is -2.32. The quantitative estimate of drug-likeness (QED) is 0.729. The first-order chi connectivity index (χ1) is 12.4. The number of anilines is 2. The Bertz CT molecular complexity index is 702. The maximum Gasteiger partial charge on any atom is 0.416 e. The second-order valence-electron chi connectivity index (χ2n) is 7.78. The van der Waals surface area contributed by atoms with Crippen LogP contribution in [-0.2, 0) is 11.0 Å². The van der Waals surface area contributed by atoms with E-state index in [2.05, 4.69) is 15.5 Å². The van der Waals surface area contributed by atoms with Crippen molar-refractivity contribution >= 4 is 42.1 Å². The van der Waals surface area contributed by atoms with Crippen molar-refractivity contribution in [1.29, 1.82) is 0 Å². The molecular weight excluding hydrogens is 414 g/mol. The van der Waals surface area contributed by atoms with E-state index in [1.54, 1.807) is 0 Å². The molecule has 28 heavy (non-hydrogen) atoms. The number of halogens is 5. The van der Waals surface area contributed by atoms with Gasteiger partial charge in [0.15, 0.2) is 0 Å². The van der Waals surface area contributed by atoms with Gasteiger partial charge in [-0.2, -0.15) is 13.2 Å². The van der Waals surface area contributed by atoms with E-state index < -0.39 is 11.7 Å². The summed E-state index contributed by atoms with van der Waals surface area (Å²) in [7, 11) is 0. The molecule has 1 aromatic carbocycles. The van der Waals surface area contributed by atoms with E-state index >= 15 is 0 Å². The second-order valence-corrected chi connectivity index (χ2v) is 7.78. The van der Waals surface area contributed by atoms with Gasteiger partial charge in [0.1, 0.15) is 0 Å². The first kappa shape index (κ1) is 23.1. The minimum atomic E-state index is -4.42. The Labute approximate surface area is 175 Å². The zero-order valence-corrected chi connectivity index (χ0v) is 17.1. The number of nitrogens with zero attached hydrogens (tertiary/aromatic N) is 1. The topological polar surface area (TPSA) is 44.4 Å². The highest BCUT2D eigenvalue weighted by atomic mass is 35.5. The van der Waals surface area contributed by atoms with E-state index in [0.717, 1.165) is 70.4 Å². The first-order valence-electron chi connectivity index (χ1n) is 9.37. The van der Waals surface area contributed by atoms with Crippen LogP contribution in [0.2, 0.25) is 0 Å². The molecule has 4 rings (SSSR count). The standard InChI is InChI=1S/C19H24F3N3O.2ClH/c20-19(21,22)13-3-4-16(25-9-1-2-10-25)15(11-13)24-17(26)14-12-18(14)5-7-23-8-6-18;;/h3-4,11,14,23H,1-2,5-10,12H2,(H,24,26);2*1H. The van der Waals surface area contributed by atoms with E-state index in [4.69, 9.17) is 0 Å². The Morgan fingerprint density at radius 2 is 1.79 bits per heavy atom. The van der Waals surface area contributed by atoms with Crippen molar-refractivity contribution in [2.45, 2.75) is 38.3 Å². The van der Waals surface area contributed by atoms with Crippen molar-refractivity contribution < 1.29 is 18.0 Å². The summed E-state index contributed by atoms with van der Waals surface area (Å²) in [5, 5.41) is 6.13. The molecular formula is C19H26Cl2F3N3O. The van der Waals surface area contributed by atoms with Crippen molar-refractivity contribution in [2.75, 3.05) is 36.4 Å². The molecule has 1 aromatic rings. The molecule has 1 saturated carbocycles.